The number of esters is 1. The number of anilines is 1. The molecule has 0 spiro atoms. The van der Waals surface area contributed by atoms with Gasteiger partial charge in [0.05, 0.1) is 25.9 Å². The van der Waals surface area contributed by atoms with Crippen LogP contribution in [-0.2, 0) is 39.1 Å². The van der Waals surface area contributed by atoms with Crippen LogP contribution in [0.25, 0.3) is 0 Å². The van der Waals surface area contributed by atoms with Crippen molar-refractivity contribution in [2.75, 3.05) is 18.2 Å². The first-order chi connectivity index (χ1) is 21.4. The van der Waals surface area contributed by atoms with Gasteiger partial charge < -0.3 is 30.0 Å². The highest BCUT2D eigenvalue weighted by atomic mass is 32.2. The van der Waals surface area contributed by atoms with E-state index >= 15 is 0 Å². The highest BCUT2D eigenvalue weighted by Crippen LogP contribution is 2.39. The molecule has 1 fully saturated rings. The number of amides is 2. The topological polar surface area (TPSA) is 150 Å². The Labute approximate surface area is 259 Å². The quantitative estimate of drug-likeness (QED) is 0.167. The summed E-state index contributed by atoms with van der Waals surface area (Å²) < 4.78 is 19.3. The number of hydrogen-bond donors (Lipinski definition) is 3. The van der Waals surface area contributed by atoms with E-state index in [9.17, 15) is 14.7 Å². The van der Waals surface area contributed by atoms with E-state index in [0.29, 0.717) is 28.6 Å². The summed E-state index contributed by atoms with van der Waals surface area (Å²) in [5, 5.41) is 27.3. The Morgan fingerprint density at radius 2 is 1.84 bits per heavy atom. The van der Waals surface area contributed by atoms with E-state index in [0.717, 1.165) is 16.7 Å². The Morgan fingerprint density at radius 3 is 2.55 bits per heavy atom. The molecule has 44 heavy (non-hydrogen) atoms. The number of nitrogens with one attached hydrogen (secondary N) is 2. The molecule has 2 heterocycles. The summed E-state index contributed by atoms with van der Waals surface area (Å²) >= 11 is 1.49. The number of rotatable bonds is 11. The first kappa shape index (κ1) is 31.1. The highest BCUT2D eigenvalue weighted by Gasteiger charge is 2.33. The number of hydrogen-bond acceptors (Lipinski definition) is 10. The maximum atomic E-state index is 13.0. The molecule has 1 aliphatic rings. The van der Waals surface area contributed by atoms with Gasteiger partial charge in [0.25, 0.3) is 0 Å². The lowest BCUT2D eigenvalue weighted by Gasteiger charge is -2.36. The summed E-state index contributed by atoms with van der Waals surface area (Å²) in [7, 11) is 3.07. The summed E-state index contributed by atoms with van der Waals surface area (Å²) in [5.41, 5.74) is 3.88. The maximum Gasteiger partial charge on any atom is 0.328 e. The van der Waals surface area contributed by atoms with Crippen molar-refractivity contribution in [3.8, 4) is 0 Å². The van der Waals surface area contributed by atoms with Crippen molar-refractivity contribution < 1.29 is 28.9 Å². The fraction of sp³-hybridized carbons (Fsp3) is 0.323. The Balaban J connectivity index is 1.29. The van der Waals surface area contributed by atoms with E-state index in [1.807, 2.05) is 60.7 Å². The molecule has 230 valence electrons. The average molecular weight is 619 g/mol. The van der Waals surface area contributed by atoms with Crippen LogP contribution in [0.4, 0.5) is 10.5 Å². The zero-order valence-electron chi connectivity index (χ0n) is 24.3. The zero-order chi connectivity index (χ0) is 30.9. The van der Waals surface area contributed by atoms with Gasteiger partial charge in [-0.05, 0) is 39.2 Å². The van der Waals surface area contributed by atoms with Gasteiger partial charge in [0, 0.05) is 36.9 Å². The third-order valence-electron chi connectivity index (χ3n) is 7.08. The first-order valence-corrected chi connectivity index (χ1v) is 15.1. The number of aryl methyl sites for hydroxylation is 1. The van der Waals surface area contributed by atoms with Crippen molar-refractivity contribution in [3.63, 3.8) is 0 Å². The second-order valence-corrected chi connectivity index (χ2v) is 11.2. The van der Waals surface area contributed by atoms with Crippen LogP contribution >= 0.6 is 11.8 Å². The number of aliphatic hydroxyl groups excluding tert-OH is 1. The van der Waals surface area contributed by atoms with Crippen molar-refractivity contribution in [2.24, 2.45) is 7.05 Å². The van der Waals surface area contributed by atoms with Gasteiger partial charge in [-0.3, -0.25) is 0 Å². The number of aliphatic hydroxyl groups is 1. The molecule has 12 nitrogen and oxygen atoms in total. The molecular weight excluding hydrogens is 584 g/mol. The summed E-state index contributed by atoms with van der Waals surface area (Å²) in [6.07, 6.45) is -0.306. The van der Waals surface area contributed by atoms with Crippen molar-refractivity contribution in [1.82, 2.24) is 25.5 Å². The van der Waals surface area contributed by atoms with Crippen LogP contribution in [0.1, 0.15) is 41.1 Å². The lowest BCUT2D eigenvalue weighted by atomic mass is 10.0. The number of ether oxygens (including phenoxy) is 3. The van der Waals surface area contributed by atoms with Crippen LogP contribution in [0.3, 0.4) is 0 Å². The average Bonchev–Trinajstić information content (AvgIpc) is 3.47. The van der Waals surface area contributed by atoms with Crippen molar-refractivity contribution >= 4 is 29.4 Å². The third-order valence-corrected chi connectivity index (χ3v) is 8.23. The Hall–Kier alpha value is -4.30. The van der Waals surface area contributed by atoms with Crippen LogP contribution in [-0.4, -0.2) is 62.3 Å². The monoisotopic (exact) mass is 618 g/mol. The molecule has 0 bridgehead atoms. The van der Waals surface area contributed by atoms with Gasteiger partial charge in [-0.2, -0.15) is 0 Å². The van der Waals surface area contributed by atoms with E-state index in [-0.39, 0.29) is 25.2 Å². The van der Waals surface area contributed by atoms with E-state index in [1.165, 1.54) is 18.9 Å². The van der Waals surface area contributed by atoms with Crippen LogP contribution in [0.5, 0.6) is 0 Å². The number of carbonyl (C=O) groups excluding carboxylic acids is 2. The Bertz CT molecular complexity index is 1540. The molecule has 0 radical (unpaired) electrons. The number of aromatic nitrogens is 4. The molecule has 0 unspecified atom stereocenters. The summed E-state index contributed by atoms with van der Waals surface area (Å²) in [6, 6.07) is 22.8. The molecule has 5 rings (SSSR count). The van der Waals surface area contributed by atoms with Crippen LogP contribution in [0.15, 0.2) is 84.0 Å². The summed E-state index contributed by atoms with van der Waals surface area (Å²) in [5.74, 6) is 0.0523. The maximum absolute atomic E-state index is 13.0. The predicted octanol–water partition coefficient (Wildman–Crippen LogP) is 3.95. The molecule has 3 N–H and O–H groups in total. The fourth-order valence-electron chi connectivity index (χ4n) is 4.81. The highest BCUT2D eigenvalue weighted by molar-refractivity contribution is 7.99. The normalized spacial score (nSPS) is 18.8. The third kappa shape index (κ3) is 8.20. The van der Waals surface area contributed by atoms with Crippen LogP contribution < -0.4 is 10.6 Å². The smallest absolute Gasteiger partial charge is 0.328 e. The molecule has 0 saturated carbocycles. The van der Waals surface area contributed by atoms with Crippen molar-refractivity contribution in [1.29, 1.82) is 0 Å². The van der Waals surface area contributed by atoms with E-state index < -0.39 is 24.3 Å². The standard InChI is InChI=1S/C31H34N6O6S/c1-37-31(34-35-36-37)44-19-25-17-27(22-13-11-21(18-38)12-14-22)43-29(42-25)23-9-6-10-24(16-23)32-30(40)33-26(28(39)41-2)15-20-7-4-3-5-8-20/h3-14,16,25-27,29,38H,15,17-19H2,1-2H3,(H2,32,33,40)/t25-,26+,27+,29+/m1/s1. The number of thioether (sulfide) groups is 1. The van der Waals surface area contributed by atoms with Gasteiger partial charge in [0.1, 0.15) is 6.04 Å². The van der Waals surface area contributed by atoms with Gasteiger partial charge in [-0.25, -0.2) is 14.3 Å². The molecule has 13 heteroatoms. The Morgan fingerprint density at radius 1 is 1.05 bits per heavy atom. The SMILES string of the molecule is COC(=O)[C@H](Cc1ccccc1)NC(=O)Nc1cccc([C@H]2O[C@@H](CSc3nnnn3C)C[C@@H](c3ccc(CO)cc3)O2)c1. The molecular formula is C31H34N6O6S. The van der Waals surface area contributed by atoms with Crippen LogP contribution in [0, 0.1) is 0 Å². The van der Waals surface area contributed by atoms with Crippen molar-refractivity contribution in [3.05, 3.63) is 101 Å². The lowest BCUT2D eigenvalue weighted by Crippen LogP contribution is -2.45. The second-order valence-electron chi connectivity index (χ2n) is 10.2. The molecule has 0 aliphatic carbocycles. The van der Waals surface area contributed by atoms with Gasteiger partial charge in [0.15, 0.2) is 6.29 Å². The van der Waals surface area contributed by atoms with Gasteiger partial charge >= 0.3 is 12.0 Å². The Kier molecular flexibility index (Phi) is 10.6. The molecule has 4 atom stereocenters. The van der Waals surface area contributed by atoms with E-state index in [1.54, 1.807) is 29.9 Å². The number of methoxy groups -OCH3 is 1. The van der Waals surface area contributed by atoms with Gasteiger partial charge in [0.2, 0.25) is 5.16 Å². The molecule has 2 amide bonds. The predicted molar refractivity (Wildman–Crippen MR) is 162 cm³/mol. The van der Waals surface area contributed by atoms with Crippen LogP contribution in [0.2, 0.25) is 0 Å². The summed E-state index contributed by atoms with van der Waals surface area (Å²) in [4.78, 5) is 25.4. The van der Waals surface area contributed by atoms with Crippen molar-refractivity contribution in [2.45, 2.75) is 49.1 Å². The number of nitrogens with zero attached hydrogens (tertiary/aromatic N) is 4. The molecule has 1 aliphatic heterocycles. The fourth-order valence-corrected chi connectivity index (χ4v) is 5.67. The minimum atomic E-state index is -0.865. The van der Waals surface area contributed by atoms with Gasteiger partial charge in [-0.15, -0.1) is 5.10 Å². The van der Waals surface area contributed by atoms with E-state index in [4.69, 9.17) is 14.2 Å². The van der Waals surface area contributed by atoms with Gasteiger partial charge in [-0.1, -0.05) is 78.5 Å². The second kappa shape index (κ2) is 14.9. The largest absolute Gasteiger partial charge is 0.467 e. The molecule has 3 aromatic carbocycles. The first-order valence-electron chi connectivity index (χ1n) is 14.1. The molecule has 1 aromatic heterocycles. The number of tetrazole rings is 1. The molecule has 4 aromatic rings. The zero-order valence-corrected chi connectivity index (χ0v) is 25.1. The number of urea groups is 1. The van der Waals surface area contributed by atoms with E-state index in [2.05, 4.69) is 26.2 Å². The summed E-state index contributed by atoms with van der Waals surface area (Å²) in [6.45, 7) is -0.0391. The minimum absolute atomic E-state index is 0.0391. The lowest BCUT2D eigenvalue weighted by molar-refractivity contribution is -0.245. The molecule has 1 saturated heterocycles. The number of carbonyl (C=O) groups is 2. The minimum Gasteiger partial charge on any atom is -0.467 e. The number of benzene rings is 3.